The van der Waals surface area contributed by atoms with Gasteiger partial charge in [0.15, 0.2) is 9.84 Å². The predicted octanol–water partition coefficient (Wildman–Crippen LogP) is 0.563. The Kier molecular flexibility index (Phi) is 2.78. The Bertz CT molecular complexity index is 242. The van der Waals surface area contributed by atoms with Crippen molar-refractivity contribution in [1.29, 1.82) is 0 Å². The first kappa shape index (κ1) is 9.99. The first-order chi connectivity index (χ1) is 5.58. The SMILES string of the molecule is CCCS(=O)(=O)C1(CNC)CC1. The van der Waals surface area contributed by atoms with E-state index in [1.807, 2.05) is 14.0 Å². The summed E-state index contributed by atoms with van der Waals surface area (Å²) >= 11 is 0. The summed E-state index contributed by atoms with van der Waals surface area (Å²) in [5.41, 5.74) is 0. The lowest BCUT2D eigenvalue weighted by Gasteiger charge is -2.14. The van der Waals surface area contributed by atoms with E-state index in [9.17, 15) is 8.42 Å². The van der Waals surface area contributed by atoms with Gasteiger partial charge in [0.1, 0.15) is 0 Å². The second-order valence-electron chi connectivity index (χ2n) is 3.53. The summed E-state index contributed by atoms with van der Waals surface area (Å²) in [4.78, 5) is 0. The molecule has 0 bridgehead atoms. The number of sulfone groups is 1. The van der Waals surface area contributed by atoms with Crippen LogP contribution in [0.3, 0.4) is 0 Å². The molecule has 1 aliphatic carbocycles. The smallest absolute Gasteiger partial charge is 0.157 e. The minimum absolute atomic E-state index is 0.342. The fraction of sp³-hybridized carbons (Fsp3) is 1.00. The van der Waals surface area contributed by atoms with Crippen molar-refractivity contribution in [3.8, 4) is 0 Å². The van der Waals surface area contributed by atoms with Crippen LogP contribution in [-0.4, -0.2) is 32.5 Å². The number of rotatable bonds is 5. The maximum atomic E-state index is 11.7. The van der Waals surface area contributed by atoms with Crippen molar-refractivity contribution in [2.75, 3.05) is 19.3 Å². The zero-order valence-corrected chi connectivity index (χ0v) is 8.58. The zero-order valence-electron chi connectivity index (χ0n) is 7.76. The van der Waals surface area contributed by atoms with Gasteiger partial charge in [-0.25, -0.2) is 8.42 Å². The van der Waals surface area contributed by atoms with Crippen LogP contribution in [0.15, 0.2) is 0 Å². The van der Waals surface area contributed by atoms with Crippen LogP contribution in [0.2, 0.25) is 0 Å². The van der Waals surface area contributed by atoms with Gasteiger partial charge < -0.3 is 5.32 Å². The Balaban J connectivity index is 2.67. The van der Waals surface area contributed by atoms with Gasteiger partial charge in [-0.3, -0.25) is 0 Å². The van der Waals surface area contributed by atoms with E-state index < -0.39 is 14.6 Å². The molecule has 0 atom stereocenters. The van der Waals surface area contributed by atoms with E-state index in [1.165, 1.54) is 0 Å². The fourth-order valence-electron chi connectivity index (χ4n) is 1.54. The molecular formula is C8H17NO2S. The largest absolute Gasteiger partial charge is 0.318 e. The maximum absolute atomic E-state index is 11.7. The topological polar surface area (TPSA) is 46.2 Å². The highest BCUT2D eigenvalue weighted by Crippen LogP contribution is 2.43. The molecule has 1 rings (SSSR count). The molecule has 0 aromatic rings. The number of hydrogen-bond donors (Lipinski definition) is 1. The summed E-state index contributed by atoms with van der Waals surface area (Å²) in [5, 5.41) is 2.96. The van der Waals surface area contributed by atoms with Gasteiger partial charge in [-0.2, -0.15) is 0 Å². The molecule has 0 unspecified atom stereocenters. The maximum Gasteiger partial charge on any atom is 0.157 e. The van der Waals surface area contributed by atoms with Crippen LogP contribution in [0.1, 0.15) is 26.2 Å². The Morgan fingerprint density at radius 3 is 2.33 bits per heavy atom. The van der Waals surface area contributed by atoms with Crippen LogP contribution in [0.5, 0.6) is 0 Å². The van der Waals surface area contributed by atoms with E-state index in [0.29, 0.717) is 12.3 Å². The molecule has 72 valence electrons. The molecule has 1 saturated carbocycles. The molecule has 0 saturated heterocycles. The quantitative estimate of drug-likeness (QED) is 0.691. The molecule has 0 amide bonds. The highest BCUT2D eigenvalue weighted by atomic mass is 32.2. The molecular weight excluding hydrogens is 174 g/mol. The van der Waals surface area contributed by atoms with Gasteiger partial charge in [0.2, 0.25) is 0 Å². The van der Waals surface area contributed by atoms with E-state index in [4.69, 9.17) is 0 Å². The summed E-state index contributed by atoms with van der Waals surface area (Å²) < 4.78 is 22.9. The average Bonchev–Trinajstić information content (AvgIpc) is 2.70. The minimum Gasteiger partial charge on any atom is -0.318 e. The van der Waals surface area contributed by atoms with Gasteiger partial charge in [0.05, 0.1) is 10.5 Å². The fourth-order valence-corrected chi connectivity index (χ4v) is 3.60. The normalized spacial score (nSPS) is 20.8. The second-order valence-corrected chi connectivity index (χ2v) is 6.04. The standard InChI is InChI=1S/C8H17NO2S/c1-3-6-12(10,11)8(4-5-8)7-9-2/h9H,3-7H2,1-2H3. The molecule has 0 radical (unpaired) electrons. The second kappa shape index (κ2) is 3.34. The lowest BCUT2D eigenvalue weighted by atomic mass is 10.4. The molecule has 1 aliphatic rings. The lowest BCUT2D eigenvalue weighted by molar-refractivity contribution is 0.568. The molecule has 0 aliphatic heterocycles. The molecule has 1 fully saturated rings. The number of nitrogens with one attached hydrogen (secondary N) is 1. The monoisotopic (exact) mass is 191 g/mol. The molecule has 3 nitrogen and oxygen atoms in total. The first-order valence-electron chi connectivity index (χ1n) is 4.45. The highest BCUT2D eigenvalue weighted by molar-refractivity contribution is 7.93. The highest BCUT2D eigenvalue weighted by Gasteiger charge is 2.52. The molecule has 1 N–H and O–H groups in total. The van der Waals surface area contributed by atoms with E-state index in [2.05, 4.69) is 5.32 Å². The van der Waals surface area contributed by atoms with Crippen LogP contribution < -0.4 is 5.32 Å². The van der Waals surface area contributed by atoms with Crippen LogP contribution >= 0.6 is 0 Å². The minimum atomic E-state index is -2.82. The van der Waals surface area contributed by atoms with E-state index >= 15 is 0 Å². The molecule has 0 spiro atoms. The van der Waals surface area contributed by atoms with Crippen molar-refractivity contribution in [2.45, 2.75) is 30.9 Å². The van der Waals surface area contributed by atoms with Gasteiger partial charge in [-0.05, 0) is 26.3 Å². The molecule has 0 heterocycles. The van der Waals surface area contributed by atoms with Crippen molar-refractivity contribution in [1.82, 2.24) is 5.32 Å². The molecule has 0 aromatic heterocycles. The van der Waals surface area contributed by atoms with Crippen LogP contribution in [0.25, 0.3) is 0 Å². The summed E-state index contributed by atoms with van der Waals surface area (Å²) in [6.45, 7) is 2.53. The summed E-state index contributed by atoms with van der Waals surface area (Å²) in [6.07, 6.45) is 2.42. The molecule has 0 aromatic carbocycles. The summed E-state index contributed by atoms with van der Waals surface area (Å²) in [6, 6.07) is 0. The Morgan fingerprint density at radius 2 is 2.00 bits per heavy atom. The van der Waals surface area contributed by atoms with E-state index in [0.717, 1.165) is 19.3 Å². The lowest BCUT2D eigenvalue weighted by Crippen LogP contribution is -2.35. The zero-order chi connectivity index (χ0) is 9.24. The van der Waals surface area contributed by atoms with Gasteiger partial charge in [0.25, 0.3) is 0 Å². The molecule has 4 heteroatoms. The first-order valence-corrected chi connectivity index (χ1v) is 6.10. The molecule has 12 heavy (non-hydrogen) atoms. The third kappa shape index (κ3) is 1.64. The number of hydrogen-bond acceptors (Lipinski definition) is 3. The van der Waals surface area contributed by atoms with Gasteiger partial charge in [0, 0.05) is 6.54 Å². The summed E-state index contributed by atoms with van der Waals surface area (Å²) in [5.74, 6) is 0.342. The van der Waals surface area contributed by atoms with E-state index in [1.54, 1.807) is 0 Å². The van der Waals surface area contributed by atoms with Crippen molar-refractivity contribution >= 4 is 9.84 Å². The van der Waals surface area contributed by atoms with Gasteiger partial charge >= 0.3 is 0 Å². The van der Waals surface area contributed by atoms with Crippen molar-refractivity contribution in [3.05, 3.63) is 0 Å². The van der Waals surface area contributed by atoms with Crippen LogP contribution in [0.4, 0.5) is 0 Å². The Labute approximate surface area is 74.5 Å². The van der Waals surface area contributed by atoms with Crippen molar-refractivity contribution in [2.24, 2.45) is 0 Å². The van der Waals surface area contributed by atoms with Crippen molar-refractivity contribution in [3.63, 3.8) is 0 Å². The van der Waals surface area contributed by atoms with Crippen molar-refractivity contribution < 1.29 is 8.42 Å². The van der Waals surface area contributed by atoms with Gasteiger partial charge in [-0.1, -0.05) is 6.92 Å². The Hall–Kier alpha value is -0.0900. The Morgan fingerprint density at radius 1 is 1.42 bits per heavy atom. The van der Waals surface area contributed by atoms with Gasteiger partial charge in [-0.15, -0.1) is 0 Å². The van der Waals surface area contributed by atoms with Crippen LogP contribution in [-0.2, 0) is 9.84 Å². The van der Waals surface area contributed by atoms with Crippen LogP contribution in [0, 0.1) is 0 Å². The average molecular weight is 191 g/mol. The summed E-state index contributed by atoms with van der Waals surface area (Å²) in [7, 11) is -1.02. The van der Waals surface area contributed by atoms with E-state index in [-0.39, 0.29) is 0 Å². The third-order valence-corrected chi connectivity index (χ3v) is 5.26. The predicted molar refractivity (Wildman–Crippen MR) is 50.0 cm³/mol. The third-order valence-electron chi connectivity index (χ3n) is 2.44.